The Morgan fingerprint density at radius 2 is 1.83 bits per heavy atom. The molecular formula is C19H32NO4+. The van der Waals surface area contributed by atoms with Gasteiger partial charge in [-0.3, -0.25) is 4.79 Å². The number of rotatable bonds is 10. The van der Waals surface area contributed by atoms with Crippen molar-refractivity contribution in [1.29, 1.82) is 0 Å². The van der Waals surface area contributed by atoms with Crippen molar-refractivity contribution in [3.05, 3.63) is 23.8 Å². The van der Waals surface area contributed by atoms with Crippen molar-refractivity contribution in [2.45, 2.75) is 53.1 Å². The van der Waals surface area contributed by atoms with E-state index in [1.807, 2.05) is 0 Å². The van der Waals surface area contributed by atoms with Crippen molar-refractivity contribution in [3.8, 4) is 0 Å². The Labute approximate surface area is 145 Å². The van der Waals surface area contributed by atoms with E-state index >= 15 is 0 Å². The fourth-order valence-electron chi connectivity index (χ4n) is 3.23. The van der Waals surface area contributed by atoms with E-state index in [4.69, 9.17) is 9.47 Å². The summed E-state index contributed by atoms with van der Waals surface area (Å²) in [5, 5.41) is 0. The molecule has 0 aromatic heterocycles. The van der Waals surface area contributed by atoms with Gasteiger partial charge in [-0.15, -0.1) is 0 Å². The summed E-state index contributed by atoms with van der Waals surface area (Å²) in [6.45, 7) is 12.6. The fourth-order valence-corrected chi connectivity index (χ4v) is 3.23. The molecule has 0 unspecified atom stereocenters. The van der Waals surface area contributed by atoms with Crippen LogP contribution in [-0.2, 0) is 19.1 Å². The zero-order chi connectivity index (χ0) is 18.0. The standard InChI is InChI=1S/C19H32NO4/c1-5-12-20(7-3,13-6-2)14-15-23-19(22)17-8-10-18(11-9-17)24-16(4)21/h8-10,18H,5-7,11-15H2,1-4H3/q+1/t18-/m1/s1. The summed E-state index contributed by atoms with van der Waals surface area (Å²) < 4.78 is 11.6. The minimum atomic E-state index is -0.315. The van der Waals surface area contributed by atoms with Crippen molar-refractivity contribution < 1.29 is 23.5 Å². The van der Waals surface area contributed by atoms with E-state index in [1.165, 1.54) is 6.92 Å². The van der Waals surface area contributed by atoms with Crippen molar-refractivity contribution >= 4 is 11.9 Å². The summed E-state index contributed by atoms with van der Waals surface area (Å²) in [6.07, 6.45) is 7.69. The van der Waals surface area contributed by atoms with E-state index in [0.717, 1.165) is 43.5 Å². The Bertz CT molecular complexity index is 476. The van der Waals surface area contributed by atoms with E-state index in [0.29, 0.717) is 18.6 Å². The third kappa shape index (κ3) is 6.48. The normalized spacial score (nSPS) is 17.3. The van der Waals surface area contributed by atoms with E-state index in [1.54, 1.807) is 18.2 Å². The van der Waals surface area contributed by atoms with Gasteiger partial charge in [0.2, 0.25) is 0 Å². The molecule has 0 aliphatic heterocycles. The number of esters is 2. The second-order valence-electron chi connectivity index (χ2n) is 6.37. The number of carbonyl (C=O) groups is 2. The number of carbonyl (C=O) groups excluding carboxylic acids is 2. The van der Waals surface area contributed by atoms with Gasteiger partial charge >= 0.3 is 11.9 Å². The van der Waals surface area contributed by atoms with Crippen LogP contribution >= 0.6 is 0 Å². The highest BCUT2D eigenvalue weighted by Gasteiger charge is 2.24. The van der Waals surface area contributed by atoms with Crippen LogP contribution in [0.25, 0.3) is 0 Å². The van der Waals surface area contributed by atoms with Crippen LogP contribution in [0.2, 0.25) is 0 Å². The van der Waals surface area contributed by atoms with Gasteiger partial charge in [-0.25, -0.2) is 4.79 Å². The van der Waals surface area contributed by atoms with Gasteiger partial charge in [0.1, 0.15) is 19.3 Å². The molecule has 0 spiro atoms. The van der Waals surface area contributed by atoms with Gasteiger partial charge in [-0.05, 0) is 31.9 Å². The first-order valence-electron chi connectivity index (χ1n) is 9.04. The highest BCUT2D eigenvalue weighted by molar-refractivity contribution is 5.91. The fraction of sp³-hybridized carbons (Fsp3) is 0.684. The maximum absolute atomic E-state index is 12.2. The second kappa shape index (κ2) is 10.3. The zero-order valence-electron chi connectivity index (χ0n) is 15.5. The molecule has 0 heterocycles. The lowest BCUT2D eigenvalue weighted by molar-refractivity contribution is -0.926. The zero-order valence-corrected chi connectivity index (χ0v) is 15.5. The smallest absolute Gasteiger partial charge is 0.338 e. The minimum absolute atomic E-state index is 0.280. The van der Waals surface area contributed by atoms with Crippen LogP contribution in [0.15, 0.2) is 23.8 Å². The lowest BCUT2D eigenvalue weighted by atomic mass is 10.1. The molecule has 0 saturated heterocycles. The molecule has 0 saturated carbocycles. The lowest BCUT2D eigenvalue weighted by Crippen LogP contribution is -2.51. The van der Waals surface area contributed by atoms with Crippen LogP contribution in [0, 0.1) is 0 Å². The molecule has 0 amide bonds. The number of likely N-dealkylation sites (N-methyl/N-ethyl adjacent to an activating group) is 1. The topological polar surface area (TPSA) is 52.6 Å². The first kappa shape index (κ1) is 20.4. The number of ether oxygens (including phenoxy) is 2. The Morgan fingerprint density at radius 3 is 2.29 bits per heavy atom. The summed E-state index contributed by atoms with van der Waals surface area (Å²) in [5.74, 6) is -0.612. The van der Waals surface area contributed by atoms with E-state index in [2.05, 4.69) is 20.8 Å². The van der Waals surface area contributed by atoms with Crippen LogP contribution in [0.5, 0.6) is 0 Å². The first-order valence-corrected chi connectivity index (χ1v) is 9.04. The second-order valence-corrected chi connectivity index (χ2v) is 6.37. The third-order valence-electron chi connectivity index (χ3n) is 4.48. The molecular weight excluding hydrogens is 306 g/mol. The van der Waals surface area contributed by atoms with E-state index in [-0.39, 0.29) is 18.0 Å². The number of nitrogens with zero attached hydrogens (tertiary/aromatic N) is 1. The molecule has 0 bridgehead atoms. The van der Waals surface area contributed by atoms with Crippen LogP contribution in [-0.4, -0.2) is 55.3 Å². The Balaban J connectivity index is 2.47. The number of hydrogen-bond donors (Lipinski definition) is 0. The molecule has 1 aliphatic carbocycles. The van der Waals surface area contributed by atoms with Crippen molar-refractivity contribution in [2.75, 3.05) is 32.8 Å². The van der Waals surface area contributed by atoms with Crippen LogP contribution in [0.4, 0.5) is 0 Å². The average Bonchev–Trinajstić information content (AvgIpc) is 2.55. The molecule has 1 atom stereocenters. The highest BCUT2D eigenvalue weighted by atomic mass is 16.5. The SMILES string of the molecule is CCC[N+](CC)(CCC)CCOC(=O)C1=CC[C@H](OC(C)=O)C=C1. The lowest BCUT2D eigenvalue weighted by Gasteiger charge is -2.37. The van der Waals surface area contributed by atoms with Gasteiger partial charge in [0.15, 0.2) is 0 Å². The molecule has 1 aliphatic rings. The van der Waals surface area contributed by atoms with Gasteiger partial charge < -0.3 is 14.0 Å². The molecule has 24 heavy (non-hydrogen) atoms. The summed E-state index contributed by atoms with van der Waals surface area (Å²) in [4.78, 5) is 23.1. The Hall–Kier alpha value is -1.62. The van der Waals surface area contributed by atoms with Crippen molar-refractivity contribution in [3.63, 3.8) is 0 Å². The molecule has 0 aromatic carbocycles. The van der Waals surface area contributed by atoms with Crippen molar-refractivity contribution in [2.24, 2.45) is 0 Å². The monoisotopic (exact) mass is 338 g/mol. The van der Waals surface area contributed by atoms with Gasteiger partial charge in [-0.2, -0.15) is 0 Å². The first-order chi connectivity index (χ1) is 11.5. The molecule has 0 aromatic rings. The maximum atomic E-state index is 12.2. The van der Waals surface area contributed by atoms with Crippen LogP contribution in [0.3, 0.4) is 0 Å². The summed E-state index contributed by atoms with van der Waals surface area (Å²) in [6, 6.07) is 0. The molecule has 5 nitrogen and oxygen atoms in total. The molecule has 1 rings (SSSR count). The van der Waals surface area contributed by atoms with Crippen LogP contribution < -0.4 is 0 Å². The summed E-state index contributed by atoms with van der Waals surface area (Å²) >= 11 is 0. The quantitative estimate of drug-likeness (QED) is 0.454. The van der Waals surface area contributed by atoms with E-state index < -0.39 is 0 Å². The van der Waals surface area contributed by atoms with Crippen molar-refractivity contribution in [1.82, 2.24) is 0 Å². The van der Waals surface area contributed by atoms with Crippen LogP contribution in [0.1, 0.15) is 47.0 Å². The number of hydrogen-bond acceptors (Lipinski definition) is 4. The van der Waals surface area contributed by atoms with Gasteiger partial charge in [-0.1, -0.05) is 19.9 Å². The van der Waals surface area contributed by atoms with Gasteiger partial charge in [0, 0.05) is 13.3 Å². The molecule has 0 fully saturated rings. The molecule has 136 valence electrons. The predicted molar refractivity (Wildman–Crippen MR) is 94.3 cm³/mol. The molecule has 0 N–H and O–H groups in total. The third-order valence-corrected chi connectivity index (χ3v) is 4.48. The Morgan fingerprint density at radius 1 is 1.17 bits per heavy atom. The summed E-state index contributed by atoms with van der Waals surface area (Å²) in [7, 11) is 0. The van der Waals surface area contributed by atoms with E-state index in [9.17, 15) is 9.59 Å². The van der Waals surface area contributed by atoms with Gasteiger partial charge in [0.25, 0.3) is 0 Å². The highest BCUT2D eigenvalue weighted by Crippen LogP contribution is 2.15. The number of quaternary nitrogens is 1. The maximum Gasteiger partial charge on any atom is 0.338 e. The molecule has 0 radical (unpaired) electrons. The average molecular weight is 338 g/mol. The summed E-state index contributed by atoms with van der Waals surface area (Å²) in [5.41, 5.74) is 0.541. The predicted octanol–water partition coefficient (Wildman–Crippen LogP) is 3.00. The van der Waals surface area contributed by atoms with Gasteiger partial charge in [0.05, 0.1) is 25.2 Å². The largest absolute Gasteiger partial charge is 0.458 e. The Kier molecular flexibility index (Phi) is 8.76. The minimum Gasteiger partial charge on any atom is -0.458 e. The molecule has 5 heteroatoms.